The van der Waals surface area contributed by atoms with Crippen molar-refractivity contribution in [2.24, 2.45) is 5.92 Å². The van der Waals surface area contributed by atoms with Gasteiger partial charge in [0.2, 0.25) is 0 Å². The molecule has 15 heavy (non-hydrogen) atoms. The van der Waals surface area contributed by atoms with Crippen molar-refractivity contribution in [1.29, 1.82) is 0 Å². The Kier molecular flexibility index (Phi) is 2.74. The Morgan fingerprint density at radius 1 is 1.33 bits per heavy atom. The van der Waals surface area contributed by atoms with E-state index in [2.05, 4.69) is 19.9 Å². The smallest absolute Gasteiger partial charge is 0.137 e. The highest BCUT2D eigenvalue weighted by molar-refractivity contribution is 6.32. The number of methoxy groups -OCH3 is 1. The summed E-state index contributed by atoms with van der Waals surface area (Å²) in [5.41, 5.74) is 4.03. The molecule has 2 heteroatoms. The standard InChI is InChI=1S/C13H15ClO/c1-8(2)9-4-10-6-12(14)13(15-3)7-11(10)5-9/h4,6-8H,5H2,1-3H3. The van der Waals surface area contributed by atoms with Crippen LogP contribution >= 0.6 is 11.6 Å². The summed E-state index contributed by atoms with van der Waals surface area (Å²) in [4.78, 5) is 0. The minimum Gasteiger partial charge on any atom is -0.495 e. The molecule has 2 rings (SSSR count). The second kappa shape index (κ2) is 3.90. The van der Waals surface area contributed by atoms with E-state index >= 15 is 0 Å². The largest absolute Gasteiger partial charge is 0.495 e. The lowest BCUT2D eigenvalue weighted by Gasteiger charge is -2.07. The molecular weight excluding hydrogens is 208 g/mol. The first-order chi connectivity index (χ1) is 7.11. The summed E-state index contributed by atoms with van der Waals surface area (Å²) in [6.45, 7) is 4.44. The van der Waals surface area contributed by atoms with Crippen LogP contribution in [0, 0.1) is 5.92 Å². The Morgan fingerprint density at radius 2 is 2.07 bits per heavy atom. The van der Waals surface area contributed by atoms with E-state index in [0.29, 0.717) is 10.9 Å². The summed E-state index contributed by atoms with van der Waals surface area (Å²) in [5, 5.41) is 0.692. The average molecular weight is 223 g/mol. The van der Waals surface area contributed by atoms with E-state index in [9.17, 15) is 0 Å². The first-order valence-corrected chi connectivity index (χ1v) is 5.56. The monoisotopic (exact) mass is 222 g/mol. The Morgan fingerprint density at radius 3 is 2.67 bits per heavy atom. The van der Waals surface area contributed by atoms with Gasteiger partial charge in [0, 0.05) is 0 Å². The molecule has 0 radical (unpaired) electrons. The Balaban J connectivity index is 2.39. The van der Waals surface area contributed by atoms with Gasteiger partial charge in [0.25, 0.3) is 0 Å². The van der Waals surface area contributed by atoms with Gasteiger partial charge in [0.1, 0.15) is 5.75 Å². The highest BCUT2D eigenvalue weighted by Gasteiger charge is 2.17. The minimum atomic E-state index is 0.599. The van der Waals surface area contributed by atoms with E-state index in [-0.39, 0.29) is 0 Å². The van der Waals surface area contributed by atoms with Crippen molar-refractivity contribution in [1.82, 2.24) is 0 Å². The van der Waals surface area contributed by atoms with Gasteiger partial charge in [0.15, 0.2) is 0 Å². The van der Waals surface area contributed by atoms with Crippen LogP contribution in [0.5, 0.6) is 5.75 Å². The molecule has 1 aliphatic rings. The lowest BCUT2D eigenvalue weighted by Crippen LogP contribution is -1.93. The summed E-state index contributed by atoms with van der Waals surface area (Å²) in [6, 6.07) is 4.04. The maximum atomic E-state index is 6.08. The van der Waals surface area contributed by atoms with Gasteiger partial charge >= 0.3 is 0 Å². The number of rotatable bonds is 2. The molecule has 80 valence electrons. The van der Waals surface area contributed by atoms with E-state index in [1.807, 2.05) is 12.1 Å². The number of halogens is 1. The second-order valence-corrected chi connectivity index (χ2v) is 4.64. The molecule has 1 aliphatic carbocycles. The highest BCUT2D eigenvalue weighted by Crippen LogP contribution is 2.35. The quantitative estimate of drug-likeness (QED) is 0.737. The summed E-state index contributed by atoms with van der Waals surface area (Å²) in [5.74, 6) is 1.37. The van der Waals surface area contributed by atoms with E-state index < -0.39 is 0 Å². The molecular formula is C13H15ClO. The van der Waals surface area contributed by atoms with Gasteiger partial charge in [-0.1, -0.05) is 37.1 Å². The zero-order chi connectivity index (χ0) is 11.0. The first-order valence-electron chi connectivity index (χ1n) is 5.18. The number of hydrogen-bond donors (Lipinski definition) is 0. The third-order valence-corrected chi connectivity index (χ3v) is 3.19. The van der Waals surface area contributed by atoms with E-state index in [0.717, 1.165) is 12.2 Å². The van der Waals surface area contributed by atoms with Crippen molar-refractivity contribution in [2.75, 3.05) is 7.11 Å². The molecule has 1 aromatic rings. The fourth-order valence-corrected chi connectivity index (χ4v) is 2.15. The molecule has 0 N–H and O–H groups in total. The number of fused-ring (bicyclic) bond motifs is 1. The van der Waals surface area contributed by atoms with Gasteiger partial charge in [-0.2, -0.15) is 0 Å². The normalized spacial score (nSPS) is 14.1. The number of hydrogen-bond acceptors (Lipinski definition) is 1. The number of ether oxygens (including phenoxy) is 1. The molecule has 0 fully saturated rings. The molecule has 0 saturated heterocycles. The average Bonchev–Trinajstić information content (AvgIpc) is 2.59. The van der Waals surface area contributed by atoms with Crippen molar-refractivity contribution < 1.29 is 4.74 Å². The molecule has 0 spiro atoms. The van der Waals surface area contributed by atoms with Crippen molar-refractivity contribution in [2.45, 2.75) is 20.3 Å². The van der Waals surface area contributed by atoms with Crippen LogP contribution in [0.15, 0.2) is 17.7 Å². The third kappa shape index (κ3) is 1.89. The van der Waals surface area contributed by atoms with E-state index in [1.165, 1.54) is 16.7 Å². The van der Waals surface area contributed by atoms with Gasteiger partial charge in [-0.15, -0.1) is 0 Å². The molecule has 0 unspecified atom stereocenters. The van der Waals surface area contributed by atoms with Crippen LogP contribution in [-0.4, -0.2) is 7.11 Å². The molecule has 1 aromatic carbocycles. The highest BCUT2D eigenvalue weighted by atomic mass is 35.5. The molecule has 0 amide bonds. The molecule has 0 atom stereocenters. The maximum absolute atomic E-state index is 6.08. The molecule has 0 aromatic heterocycles. The van der Waals surface area contributed by atoms with Crippen molar-refractivity contribution in [3.63, 3.8) is 0 Å². The molecule has 1 nitrogen and oxygen atoms in total. The Bertz CT molecular complexity index is 419. The number of allylic oxidation sites excluding steroid dienone is 1. The predicted octanol–water partition coefficient (Wildman–Crippen LogP) is 3.94. The zero-order valence-corrected chi connectivity index (χ0v) is 10.1. The van der Waals surface area contributed by atoms with Gasteiger partial charge < -0.3 is 4.74 Å². The van der Waals surface area contributed by atoms with Crippen LogP contribution in [0.25, 0.3) is 6.08 Å². The molecule has 0 aliphatic heterocycles. The maximum Gasteiger partial charge on any atom is 0.137 e. The molecule has 0 saturated carbocycles. The second-order valence-electron chi connectivity index (χ2n) is 4.24. The molecule has 0 heterocycles. The van der Waals surface area contributed by atoms with Gasteiger partial charge in [0.05, 0.1) is 12.1 Å². The zero-order valence-electron chi connectivity index (χ0n) is 9.30. The summed E-state index contributed by atoms with van der Waals surface area (Å²) in [6.07, 6.45) is 3.27. The van der Waals surface area contributed by atoms with Gasteiger partial charge in [-0.3, -0.25) is 0 Å². The van der Waals surface area contributed by atoms with Crippen LogP contribution in [0.2, 0.25) is 5.02 Å². The van der Waals surface area contributed by atoms with Crippen LogP contribution in [0.1, 0.15) is 25.0 Å². The topological polar surface area (TPSA) is 9.23 Å². The SMILES string of the molecule is COc1cc2c(cc1Cl)C=C(C(C)C)C2. The minimum absolute atomic E-state index is 0.599. The predicted molar refractivity (Wildman–Crippen MR) is 64.5 cm³/mol. The van der Waals surface area contributed by atoms with E-state index in [4.69, 9.17) is 16.3 Å². The van der Waals surface area contributed by atoms with Crippen molar-refractivity contribution in [3.8, 4) is 5.75 Å². The fourth-order valence-electron chi connectivity index (χ4n) is 1.90. The van der Waals surface area contributed by atoms with Crippen LogP contribution in [0.4, 0.5) is 0 Å². The lowest BCUT2D eigenvalue weighted by molar-refractivity contribution is 0.414. The van der Waals surface area contributed by atoms with E-state index in [1.54, 1.807) is 7.11 Å². The molecule has 0 bridgehead atoms. The van der Waals surface area contributed by atoms with Crippen LogP contribution < -0.4 is 4.74 Å². The third-order valence-electron chi connectivity index (χ3n) is 2.89. The lowest BCUT2D eigenvalue weighted by atomic mass is 10.0. The summed E-state index contributed by atoms with van der Waals surface area (Å²) >= 11 is 6.08. The Labute approximate surface area is 95.7 Å². The Hall–Kier alpha value is -0.950. The van der Waals surface area contributed by atoms with Crippen LogP contribution in [-0.2, 0) is 6.42 Å². The number of benzene rings is 1. The van der Waals surface area contributed by atoms with Gasteiger partial charge in [-0.05, 0) is 35.6 Å². The first kappa shape index (κ1) is 10.6. The fraction of sp³-hybridized carbons (Fsp3) is 0.385. The van der Waals surface area contributed by atoms with Crippen molar-refractivity contribution >= 4 is 17.7 Å². The summed E-state index contributed by atoms with van der Waals surface area (Å²) < 4.78 is 5.21. The van der Waals surface area contributed by atoms with Gasteiger partial charge in [-0.25, -0.2) is 0 Å². The van der Waals surface area contributed by atoms with Crippen LogP contribution in [0.3, 0.4) is 0 Å². The summed E-state index contributed by atoms with van der Waals surface area (Å²) in [7, 11) is 1.65. The van der Waals surface area contributed by atoms with Crippen molar-refractivity contribution in [3.05, 3.63) is 33.9 Å².